The average Bonchev–Trinajstić information content (AvgIpc) is 2.34. The van der Waals surface area contributed by atoms with E-state index in [2.05, 4.69) is 42.0 Å². The molecule has 0 heterocycles. The van der Waals surface area contributed by atoms with Crippen molar-refractivity contribution in [2.24, 2.45) is 5.41 Å². The van der Waals surface area contributed by atoms with Crippen LogP contribution in [0.4, 0.5) is 4.39 Å². The summed E-state index contributed by atoms with van der Waals surface area (Å²) in [6, 6.07) is 4.08. The van der Waals surface area contributed by atoms with Crippen molar-refractivity contribution in [3.05, 3.63) is 29.6 Å². The van der Waals surface area contributed by atoms with E-state index in [0.717, 1.165) is 6.42 Å². The zero-order valence-corrected chi connectivity index (χ0v) is 13.9. The Kier molecular flexibility index (Phi) is 5.99. The van der Waals surface area contributed by atoms with Gasteiger partial charge in [-0.15, -0.1) is 0 Å². The predicted octanol–water partition coefficient (Wildman–Crippen LogP) is 3.76. The monoisotopic (exact) mass is 345 g/mol. The summed E-state index contributed by atoms with van der Waals surface area (Å²) in [5.41, 5.74) is 0.580. The molecule has 0 aliphatic rings. The number of carbonyl (C=O) groups excluding carboxylic acids is 1. The van der Waals surface area contributed by atoms with E-state index in [4.69, 9.17) is 4.74 Å². The zero-order valence-electron chi connectivity index (χ0n) is 12.3. The Morgan fingerprint density at radius 1 is 1.45 bits per heavy atom. The number of alkyl halides is 1. The lowest BCUT2D eigenvalue weighted by Crippen LogP contribution is -2.31. The number of halogens is 2. The number of hydrogen-bond acceptors (Lipinski definition) is 2. The summed E-state index contributed by atoms with van der Waals surface area (Å²) in [5, 5.41) is 2.83. The fourth-order valence-corrected chi connectivity index (χ4v) is 2.98. The second kappa shape index (κ2) is 7.07. The largest absolute Gasteiger partial charge is 0.494 e. The first-order valence-corrected chi connectivity index (χ1v) is 7.40. The lowest BCUT2D eigenvalue weighted by Gasteiger charge is -2.22. The maximum Gasteiger partial charge on any atom is 0.251 e. The summed E-state index contributed by atoms with van der Waals surface area (Å²) in [6.45, 7) is 6.96. The minimum atomic E-state index is -0.477. The molecule has 1 atom stereocenters. The van der Waals surface area contributed by atoms with Gasteiger partial charge in [-0.1, -0.05) is 36.7 Å². The number of carbonyl (C=O) groups is 1. The molecule has 0 saturated heterocycles. The molecule has 5 heteroatoms. The van der Waals surface area contributed by atoms with Crippen molar-refractivity contribution in [2.45, 2.75) is 32.0 Å². The normalized spacial score (nSPS) is 12.9. The summed E-state index contributed by atoms with van der Waals surface area (Å²) >= 11 is 3.56. The highest BCUT2D eigenvalue weighted by molar-refractivity contribution is 9.09. The third kappa shape index (κ3) is 5.49. The Balaban J connectivity index is 2.59. The van der Waals surface area contributed by atoms with Gasteiger partial charge in [-0.25, -0.2) is 4.39 Å². The molecule has 3 nitrogen and oxygen atoms in total. The summed E-state index contributed by atoms with van der Waals surface area (Å²) in [4.78, 5) is 12.2. The Morgan fingerprint density at radius 2 is 2.10 bits per heavy atom. The predicted molar refractivity (Wildman–Crippen MR) is 82.1 cm³/mol. The minimum absolute atomic E-state index is 0.0720. The smallest absolute Gasteiger partial charge is 0.251 e. The highest BCUT2D eigenvalue weighted by Gasteiger charge is 2.17. The van der Waals surface area contributed by atoms with Gasteiger partial charge in [0, 0.05) is 16.9 Å². The highest BCUT2D eigenvalue weighted by atomic mass is 79.9. The van der Waals surface area contributed by atoms with Crippen LogP contribution in [0.25, 0.3) is 0 Å². The maximum absolute atomic E-state index is 13.3. The molecule has 0 spiro atoms. The Bertz CT molecular complexity index is 471. The Hall–Kier alpha value is -1.10. The average molecular weight is 346 g/mol. The van der Waals surface area contributed by atoms with Crippen LogP contribution in [0.3, 0.4) is 0 Å². The van der Waals surface area contributed by atoms with E-state index in [1.165, 1.54) is 25.3 Å². The number of ether oxygens (including phenoxy) is 1. The molecule has 0 aliphatic carbocycles. The van der Waals surface area contributed by atoms with Crippen LogP contribution in [0.2, 0.25) is 0 Å². The van der Waals surface area contributed by atoms with Gasteiger partial charge in [0.1, 0.15) is 0 Å². The van der Waals surface area contributed by atoms with E-state index >= 15 is 0 Å². The first-order chi connectivity index (χ1) is 9.23. The molecule has 0 fully saturated rings. The van der Waals surface area contributed by atoms with Gasteiger partial charge in [0.05, 0.1) is 7.11 Å². The van der Waals surface area contributed by atoms with Crippen LogP contribution in [0.5, 0.6) is 5.75 Å². The second-order valence-corrected chi connectivity index (χ2v) is 7.22. The summed E-state index contributed by atoms with van der Waals surface area (Å²) in [6.07, 6.45) is 0.944. The molecule has 1 amide bonds. The van der Waals surface area contributed by atoms with Crippen LogP contribution < -0.4 is 10.1 Å². The second-order valence-electron chi connectivity index (χ2n) is 5.92. The van der Waals surface area contributed by atoms with Gasteiger partial charge in [0.2, 0.25) is 0 Å². The number of nitrogens with one attached hydrogen (secondary N) is 1. The fourth-order valence-electron chi connectivity index (χ4n) is 1.84. The van der Waals surface area contributed by atoms with E-state index in [1.54, 1.807) is 0 Å². The van der Waals surface area contributed by atoms with Gasteiger partial charge in [0.15, 0.2) is 11.6 Å². The number of benzene rings is 1. The third-order valence-corrected chi connectivity index (χ3v) is 3.38. The number of hydrogen-bond donors (Lipinski definition) is 1. The van der Waals surface area contributed by atoms with Gasteiger partial charge >= 0.3 is 0 Å². The molecule has 0 radical (unpaired) electrons. The summed E-state index contributed by atoms with van der Waals surface area (Å²) in [7, 11) is 1.37. The van der Waals surface area contributed by atoms with Crippen molar-refractivity contribution in [1.29, 1.82) is 0 Å². The molecule has 0 aromatic heterocycles. The molecule has 0 bridgehead atoms. The topological polar surface area (TPSA) is 38.3 Å². The first-order valence-electron chi connectivity index (χ1n) is 6.49. The van der Waals surface area contributed by atoms with Gasteiger partial charge < -0.3 is 10.1 Å². The van der Waals surface area contributed by atoms with Crippen LogP contribution in [0.15, 0.2) is 18.2 Å². The standard InChI is InChI=1S/C15H21BrFNO2/c1-15(2,3)8-11(16)9-18-14(19)10-5-6-12(17)13(7-10)20-4/h5-7,11H,8-9H2,1-4H3,(H,18,19). The SMILES string of the molecule is COc1cc(C(=O)NCC(Br)CC(C)(C)C)ccc1F. The van der Waals surface area contributed by atoms with E-state index in [-0.39, 0.29) is 21.9 Å². The maximum atomic E-state index is 13.3. The molecular weight excluding hydrogens is 325 g/mol. The number of rotatable bonds is 5. The van der Waals surface area contributed by atoms with Gasteiger partial charge in [0.25, 0.3) is 5.91 Å². The van der Waals surface area contributed by atoms with Crippen LogP contribution in [-0.4, -0.2) is 24.4 Å². The first kappa shape index (κ1) is 17.0. The molecule has 1 rings (SSSR count). The van der Waals surface area contributed by atoms with Crippen molar-refractivity contribution < 1.29 is 13.9 Å². The third-order valence-electron chi connectivity index (χ3n) is 2.73. The van der Waals surface area contributed by atoms with Crippen molar-refractivity contribution in [3.8, 4) is 5.75 Å². The van der Waals surface area contributed by atoms with Crippen molar-refractivity contribution in [2.75, 3.05) is 13.7 Å². The van der Waals surface area contributed by atoms with Crippen LogP contribution >= 0.6 is 15.9 Å². The number of methoxy groups -OCH3 is 1. The fraction of sp³-hybridized carbons (Fsp3) is 0.533. The lowest BCUT2D eigenvalue weighted by molar-refractivity contribution is 0.0952. The molecule has 1 unspecified atom stereocenters. The van der Waals surface area contributed by atoms with Gasteiger partial charge in [-0.05, 0) is 30.0 Å². The molecule has 0 aliphatic heterocycles. The van der Waals surface area contributed by atoms with E-state index in [0.29, 0.717) is 12.1 Å². The van der Waals surface area contributed by atoms with E-state index in [9.17, 15) is 9.18 Å². The number of amides is 1. The minimum Gasteiger partial charge on any atom is -0.494 e. The highest BCUT2D eigenvalue weighted by Crippen LogP contribution is 2.24. The van der Waals surface area contributed by atoms with Crippen LogP contribution in [-0.2, 0) is 0 Å². The van der Waals surface area contributed by atoms with Crippen molar-refractivity contribution in [1.82, 2.24) is 5.32 Å². The van der Waals surface area contributed by atoms with Crippen LogP contribution in [0, 0.1) is 11.2 Å². The zero-order chi connectivity index (χ0) is 15.3. The lowest BCUT2D eigenvalue weighted by atomic mass is 9.90. The molecule has 1 N–H and O–H groups in total. The van der Waals surface area contributed by atoms with Crippen molar-refractivity contribution >= 4 is 21.8 Å². The van der Waals surface area contributed by atoms with Gasteiger partial charge in [-0.3, -0.25) is 4.79 Å². The molecule has 0 saturated carbocycles. The van der Waals surface area contributed by atoms with Crippen LogP contribution in [0.1, 0.15) is 37.6 Å². The summed E-state index contributed by atoms with van der Waals surface area (Å²) < 4.78 is 18.1. The molecule has 112 valence electrons. The van der Waals surface area contributed by atoms with Crippen molar-refractivity contribution in [3.63, 3.8) is 0 Å². The molecule has 1 aromatic carbocycles. The van der Waals surface area contributed by atoms with E-state index < -0.39 is 5.82 Å². The molecule has 1 aromatic rings. The van der Waals surface area contributed by atoms with E-state index in [1.807, 2.05) is 0 Å². The summed E-state index contributed by atoms with van der Waals surface area (Å²) in [5.74, 6) is -0.639. The molecular formula is C15H21BrFNO2. The quantitative estimate of drug-likeness (QED) is 0.825. The van der Waals surface area contributed by atoms with Gasteiger partial charge in [-0.2, -0.15) is 0 Å². The molecule has 20 heavy (non-hydrogen) atoms. The Morgan fingerprint density at radius 3 is 2.65 bits per heavy atom. The Labute approximate surface area is 128 Å².